The Labute approximate surface area is 317 Å². The predicted molar refractivity (Wildman–Crippen MR) is 237 cm³/mol. The van der Waals surface area contributed by atoms with Crippen LogP contribution in [-0.2, 0) is 0 Å². The molecule has 266 valence electrons. The Hall–Kier alpha value is -4.19. The minimum Gasteiger partial charge on any atom is -0.114 e. The summed E-state index contributed by atoms with van der Waals surface area (Å²) < 4.78 is 0. The molecule has 0 heterocycles. The van der Waals surface area contributed by atoms with Gasteiger partial charge in [-0.1, -0.05) is 116 Å². The van der Waals surface area contributed by atoms with Crippen LogP contribution in [0, 0.1) is 56.7 Å². The van der Waals surface area contributed by atoms with Gasteiger partial charge in [0.15, 0.2) is 0 Å². The lowest BCUT2D eigenvalue weighted by atomic mass is 9.89. The van der Waals surface area contributed by atoms with Gasteiger partial charge >= 0.3 is 0 Å². The van der Waals surface area contributed by atoms with Crippen LogP contribution in [0.1, 0.15) is 108 Å². The van der Waals surface area contributed by atoms with Crippen LogP contribution in [0.2, 0.25) is 22.2 Å². The van der Waals surface area contributed by atoms with Crippen LogP contribution in [0.4, 0.5) is 0 Å². The van der Waals surface area contributed by atoms with Crippen LogP contribution in [0.3, 0.4) is 0 Å². The molecule has 0 bridgehead atoms. The van der Waals surface area contributed by atoms with E-state index >= 15 is 0 Å². The zero-order valence-corrected chi connectivity index (χ0v) is 36.2. The summed E-state index contributed by atoms with van der Waals surface area (Å²) in [5.41, 5.74) is 19.3. The van der Waals surface area contributed by atoms with E-state index < -0.39 is 16.1 Å². The first-order chi connectivity index (χ1) is 24.3. The van der Waals surface area contributed by atoms with Crippen molar-refractivity contribution >= 4 is 59.2 Å². The van der Waals surface area contributed by atoms with Gasteiger partial charge in [0.25, 0.3) is 0 Å². The third-order valence-corrected chi connectivity index (χ3v) is 20.0. The van der Waals surface area contributed by atoms with Crippen molar-refractivity contribution in [1.29, 1.82) is 0 Å². The SMILES string of the molecule is CC(C)[Si](C#Cc1c2cc3ccccc3cc2c(C#C[Si](C#CC(C)(C)C)(C(C)C)C(C)C)c2cc3ccccc3cc12)(C#CC(C)(C)C)C(C)C. The number of hydrogen-bond acceptors (Lipinski definition) is 0. The van der Waals surface area contributed by atoms with Gasteiger partial charge < -0.3 is 0 Å². The summed E-state index contributed by atoms with van der Waals surface area (Å²) in [5, 5.41) is 9.52. The number of rotatable bonds is 4. The van der Waals surface area contributed by atoms with E-state index in [4.69, 9.17) is 0 Å². The monoisotopic (exact) mass is 714 g/mol. The molecule has 0 aliphatic heterocycles. The van der Waals surface area contributed by atoms with Crippen molar-refractivity contribution in [3.8, 4) is 45.9 Å². The van der Waals surface area contributed by atoms with Crippen molar-refractivity contribution in [1.82, 2.24) is 0 Å². The average molecular weight is 715 g/mol. The highest BCUT2D eigenvalue weighted by molar-refractivity contribution is 6.96. The number of benzene rings is 5. The summed E-state index contributed by atoms with van der Waals surface area (Å²) in [4.78, 5) is 0. The van der Waals surface area contributed by atoms with Gasteiger partial charge in [0.2, 0.25) is 16.1 Å². The van der Waals surface area contributed by atoms with E-state index in [-0.39, 0.29) is 10.8 Å². The second-order valence-electron chi connectivity index (χ2n) is 18.1. The van der Waals surface area contributed by atoms with Crippen LogP contribution in [0.5, 0.6) is 0 Å². The van der Waals surface area contributed by atoms with Crippen molar-refractivity contribution in [2.75, 3.05) is 0 Å². The Balaban J connectivity index is 2.01. The number of fused-ring (bicyclic) bond motifs is 4. The normalized spacial score (nSPS) is 12.5. The largest absolute Gasteiger partial charge is 0.222 e. The smallest absolute Gasteiger partial charge is 0.114 e. The summed E-state index contributed by atoms with van der Waals surface area (Å²) in [6.07, 6.45) is 0. The molecule has 0 atom stereocenters. The summed E-state index contributed by atoms with van der Waals surface area (Å²) in [7, 11) is -4.78. The topological polar surface area (TPSA) is 0 Å². The molecule has 0 spiro atoms. The molecule has 0 fully saturated rings. The molecule has 0 aliphatic rings. The molecule has 5 rings (SSSR count). The molecule has 0 saturated heterocycles. The fourth-order valence-electron chi connectivity index (χ4n) is 7.33. The van der Waals surface area contributed by atoms with Crippen molar-refractivity contribution in [3.63, 3.8) is 0 Å². The fraction of sp³-hybridized carbons (Fsp3) is 0.400. The van der Waals surface area contributed by atoms with Gasteiger partial charge in [0.1, 0.15) is 0 Å². The molecule has 0 amide bonds. The van der Waals surface area contributed by atoms with Crippen LogP contribution in [-0.4, -0.2) is 16.1 Å². The maximum Gasteiger partial charge on any atom is 0.222 e. The molecule has 5 aromatic carbocycles. The minimum atomic E-state index is -2.39. The molecule has 0 aliphatic carbocycles. The third kappa shape index (κ3) is 7.92. The maximum absolute atomic E-state index is 4.01. The Bertz CT molecular complexity index is 2130. The molecule has 2 heteroatoms. The van der Waals surface area contributed by atoms with Crippen LogP contribution >= 0.6 is 0 Å². The molecule has 0 aromatic heterocycles. The van der Waals surface area contributed by atoms with Crippen LogP contribution in [0.15, 0.2) is 72.8 Å². The van der Waals surface area contributed by atoms with Gasteiger partial charge in [-0.15, -0.1) is 34.0 Å². The maximum atomic E-state index is 4.01. The van der Waals surface area contributed by atoms with Gasteiger partial charge in [-0.3, -0.25) is 0 Å². The summed E-state index contributed by atoms with van der Waals surface area (Å²) in [6.45, 7) is 31.9. The van der Waals surface area contributed by atoms with E-state index in [2.05, 4.69) is 216 Å². The summed E-state index contributed by atoms with van der Waals surface area (Å²) >= 11 is 0. The zero-order chi connectivity index (χ0) is 38.2. The highest BCUT2D eigenvalue weighted by atomic mass is 28.3. The molecule has 0 radical (unpaired) electrons. The lowest BCUT2D eigenvalue weighted by Crippen LogP contribution is -2.39. The van der Waals surface area contributed by atoms with Gasteiger partial charge in [-0.2, -0.15) is 0 Å². The average Bonchev–Trinajstić information content (AvgIpc) is 3.05. The third-order valence-electron chi connectivity index (χ3n) is 10.6. The lowest BCUT2D eigenvalue weighted by Gasteiger charge is -2.29. The summed E-state index contributed by atoms with van der Waals surface area (Å²) in [6, 6.07) is 26.8. The second kappa shape index (κ2) is 14.7. The number of hydrogen-bond donors (Lipinski definition) is 0. The van der Waals surface area contributed by atoms with Crippen molar-refractivity contribution in [2.45, 2.75) is 119 Å². The van der Waals surface area contributed by atoms with E-state index in [1.807, 2.05) is 0 Å². The lowest BCUT2D eigenvalue weighted by molar-refractivity contribution is 0.571. The Morgan fingerprint density at radius 1 is 0.404 bits per heavy atom. The van der Waals surface area contributed by atoms with Crippen molar-refractivity contribution in [3.05, 3.63) is 83.9 Å². The van der Waals surface area contributed by atoms with Gasteiger partial charge in [-0.25, -0.2) is 0 Å². The van der Waals surface area contributed by atoms with E-state index in [1.165, 1.54) is 43.1 Å². The Kier molecular flexibility index (Phi) is 11.0. The highest BCUT2D eigenvalue weighted by Crippen LogP contribution is 2.39. The first kappa shape index (κ1) is 39.0. The van der Waals surface area contributed by atoms with E-state index in [0.717, 1.165) is 11.1 Å². The zero-order valence-electron chi connectivity index (χ0n) is 34.2. The summed E-state index contributed by atoms with van der Waals surface area (Å²) in [5.74, 6) is 15.1. The highest BCUT2D eigenvalue weighted by Gasteiger charge is 2.39. The molecule has 0 saturated carbocycles. The van der Waals surface area contributed by atoms with Gasteiger partial charge in [-0.05, 0) is 131 Å². The molecule has 0 unspecified atom stereocenters. The quantitative estimate of drug-likeness (QED) is 0.0988. The van der Waals surface area contributed by atoms with Crippen LogP contribution < -0.4 is 0 Å². The van der Waals surface area contributed by atoms with E-state index in [0.29, 0.717) is 22.2 Å². The minimum absolute atomic E-state index is 0.0803. The molecular formula is C50H58Si2. The Morgan fingerprint density at radius 2 is 0.654 bits per heavy atom. The molecular weight excluding hydrogens is 657 g/mol. The molecule has 0 nitrogen and oxygen atoms in total. The van der Waals surface area contributed by atoms with Gasteiger partial charge in [0.05, 0.1) is 0 Å². The van der Waals surface area contributed by atoms with Crippen molar-refractivity contribution in [2.24, 2.45) is 10.8 Å². The second-order valence-corrected chi connectivity index (χ2v) is 27.2. The van der Waals surface area contributed by atoms with E-state index in [1.54, 1.807) is 0 Å². The van der Waals surface area contributed by atoms with Gasteiger partial charge in [0, 0.05) is 22.0 Å². The standard InChI is InChI=1S/C50H58Si2/c1-35(2)51(36(3)4,29-25-49(9,10)11)27-23-43-45-31-39-19-15-17-21-41(39)33-47(45)44(48-34-42-22-18-16-20-40(42)32-46(43)48)24-28-52(37(5)6,38(7)8)30-26-50(12,13)14/h15-22,31-38H,1-14H3. The molecule has 0 N–H and O–H groups in total. The Morgan fingerprint density at radius 3 is 0.865 bits per heavy atom. The first-order valence-electron chi connectivity index (χ1n) is 19.2. The molecule has 52 heavy (non-hydrogen) atoms. The van der Waals surface area contributed by atoms with E-state index in [9.17, 15) is 0 Å². The molecule has 5 aromatic rings. The van der Waals surface area contributed by atoms with Crippen LogP contribution in [0.25, 0.3) is 43.1 Å². The fourth-order valence-corrected chi connectivity index (χ4v) is 14.3. The predicted octanol–water partition coefficient (Wildman–Crippen LogP) is 13.8. The first-order valence-corrected chi connectivity index (χ1v) is 23.5. The van der Waals surface area contributed by atoms with Crippen molar-refractivity contribution < 1.29 is 0 Å².